The Labute approximate surface area is 360 Å². The van der Waals surface area contributed by atoms with Crippen LogP contribution in [-0.4, -0.2) is 215 Å². The molecule has 25 nitrogen and oxygen atoms in total. The van der Waals surface area contributed by atoms with E-state index in [1.165, 1.54) is 13.0 Å². The molecule has 64 heavy (non-hydrogen) atoms. The van der Waals surface area contributed by atoms with Crippen molar-refractivity contribution in [1.82, 2.24) is 0 Å². The van der Waals surface area contributed by atoms with Gasteiger partial charge in [0.05, 0.1) is 33.0 Å². The van der Waals surface area contributed by atoms with Gasteiger partial charge in [0.15, 0.2) is 42.2 Å². The van der Waals surface area contributed by atoms with Gasteiger partial charge >= 0.3 is 0 Å². The highest BCUT2D eigenvalue weighted by Gasteiger charge is 2.53. The molecule has 4 aliphatic heterocycles. The Morgan fingerprint density at radius 1 is 0.656 bits per heavy atom. The number of hydrogen-bond acceptors (Lipinski definition) is 25. The summed E-state index contributed by atoms with van der Waals surface area (Å²) in [5.41, 5.74) is -1.13. The summed E-state index contributed by atoms with van der Waals surface area (Å²) in [7, 11) is 1.15. The standard InChI is InChI=1S/C39H50O25/c1-11-22(45)27(50)31(54)37(58-11)64-34-28(51)24(47)19(8-40)61-38(34)57-10-20-25(48)29(52)35(63-36-30(53)23(46)17(44)9-56-36)39(62-20)59-13-6-16(43)21-18(7-13)60-32(33(55-2)26(21)49)12-3-4-14(41)15(42)5-12/h3-7,11,17,19-20,22-25,27-31,34-48,50-54H,8-10H2,1-2H3/t11-,17+,19+,20+,22-,23-,24+,25+,27+,28-,29-,30+,31+,34+,35+,36-,37-,38+,39+/m0/s1. The largest absolute Gasteiger partial charge is 0.507 e. The minimum atomic E-state index is -2.05. The topological polar surface area (TPSA) is 397 Å². The van der Waals surface area contributed by atoms with E-state index in [2.05, 4.69) is 0 Å². The monoisotopic (exact) mass is 918 g/mol. The van der Waals surface area contributed by atoms with Crippen molar-refractivity contribution in [3.63, 3.8) is 0 Å². The summed E-state index contributed by atoms with van der Waals surface area (Å²) in [6, 6.07) is 5.55. The first kappa shape index (κ1) is 47.9. The Morgan fingerprint density at radius 2 is 1.30 bits per heavy atom. The number of aliphatic hydroxyl groups is 11. The summed E-state index contributed by atoms with van der Waals surface area (Å²) in [6.07, 6.45) is -33.2. The molecular formula is C39H50O25. The van der Waals surface area contributed by atoms with Gasteiger partial charge in [0.2, 0.25) is 17.5 Å². The number of hydrogen-bond donors (Lipinski definition) is 14. The van der Waals surface area contributed by atoms with E-state index in [-0.39, 0.29) is 28.4 Å². The summed E-state index contributed by atoms with van der Waals surface area (Å²) >= 11 is 0. The van der Waals surface area contributed by atoms with Crippen molar-refractivity contribution in [3.05, 3.63) is 40.6 Å². The molecule has 0 unspecified atom stereocenters. The molecule has 4 aliphatic rings. The Balaban J connectivity index is 1.19. The van der Waals surface area contributed by atoms with Crippen LogP contribution in [0, 0.1) is 0 Å². The summed E-state index contributed by atoms with van der Waals surface area (Å²) in [5, 5.41) is 147. The minimum Gasteiger partial charge on any atom is -0.507 e. The van der Waals surface area contributed by atoms with Crippen LogP contribution in [0.4, 0.5) is 0 Å². The quantitative estimate of drug-likeness (QED) is 0.0756. The molecule has 0 amide bonds. The third-order valence-corrected chi connectivity index (χ3v) is 11.3. The van der Waals surface area contributed by atoms with E-state index >= 15 is 0 Å². The summed E-state index contributed by atoms with van der Waals surface area (Å²) in [5.74, 6) is -2.75. The van der Waals surface area contributed by atoms with Crippen molar-refractivity contribution in [2.45, 2.75) is 124 Å². The molecule has 25 heteroatoms. The van der Waals surface area contributed by atoms with Crippen molar-refractivity contribution in [2.75, 3.05) is 26.9 Å². The molecule has 0 aliphatic carbocycles. The zero-order valence-corrected chi connectivity index (χ0v) is 33.7. The smallest absolute Gasteiger partial charge is 0.239 e. The maximum atomic E-state index is 13.6. The van der Waals surface area contributed by atoms with E-state index < -0.39 is 165 Å². The van der Waals surface area contributed by atoms with Gasteiger partial charge in [-0.05, 0) is 25.1 Å². The average Bonchev–Trinajstić information content (AvgIpc) is 3.26. The zero-order chi connectivity index (χ0) is 46.5. The highest BCUT2D eigenvalue weighted by Crippen LogP contribution is 2.40. The molecule has 2 aromatic carbocycles. The van der Waals surface area contributed by atoms with E-state index in [1.807, 2.05) is 0 Å². The lowest BCUT2D eigenvalue weighted by atomic mass is 9.97. The first-order valence-electron chi connectivity index (χ1n) is 19.8. The molecule has 4 saturated heterocycles. The number of ether oxygens (including phenoxy) is 9. The molecule has 5 heterocycles. The number of phenols is 3. The lowest BCUT2D eigenvalue weighted by Crippen LogP contribution is -2.65. The average molecular weight is 919 g/mol. The van der Waals surface area contributed by atoms with Crippen LogP contribution < -0.4 is 14.9 Å². The second kappa shape index (κ2) is 19.4. The van der Waals surface area contributed by atoms with Gasteiger partial charge in [0, 0.05) is 17.7 Å². The molecule has 19 atom stereocenters. The number of rotatable bonds is 12. The van der Waals surface area contributed by atoms with Crippen LogP contribution in [0.25, 0.3) is 22.3 Å². The lowest BCUT2D eigenvalue weighted by molar-refractivity contribution is -0.373. The van der Waals surface area contributed by atoms with Gasteiger partial charge in [-0.15, -0.1) is 0 Å². The maximum Gasteiger partial charge on any atom is 0.239 e. The summed E-state index contributed by atoms with van der Waals surface area (Å²) < 4.78 is 57.0. The number of methoxy groups -OCH3 is 1. The van der Waals surface area contributed by atoms with E-state index in [0.717, 1.165) is 31.4 Å². The third kappa shape index (κ3) is 9.19. The van der Waals surface area contributed by atoms with Gasteiger partial charge in [-0.2, -0.15) is 0 Å². The van der Waals surface area contributed by atoms with E-state index in [4.69, 9.17) is 47.0 Å². The predicted octanol–water partition coefficient (Wildman–Crippen LogP) is -5.10. The van der Waals surface area contributed by atoms with Crippen LogP contribution >= 0.6 is 0 Å². The SMILES string of the molecule is COc1c(-c2ccc(O)c(O)c2)oc2cc(O[C@@H]3O[C@H](CO[C@@H]4O[C@H](CO)[C@@H](O)[C@H](O)[C@H]4O[C@@H]4O[C@@H](C)[C@H](O)[C@@H](O)[C@H]4O)[C@@H](O)[C@H](O)[C@H]3O[C@@H]3OC[C@@H](O)[C@H](O)[C@H]3O)cc(O)c2c1=O. The van der Waals surface area contributed by atoms with Crippen molar-refractivity contribution in [3.8, 4) is 40.1 Å². The van der Waals surface area contributed by atoms with Gasteiger partial charge in [-0.1, -0.05) is 0 Å². The highest BCUT2D eigenvalue weighted by molar-refractivity contribution is 5.88. The molecule has 14 N–H and O–H groups in total. The molecule has 356 valence electrons. The molecule has 1 aromatic heterocycles. The Bertz CT molecular complexity index is 2140. The maximum absolute atomic E-state index is 13.6. The molecule has 0 bridgehead atoms. The first-order valence-corrected chi connectivity index (χ1v) is 19.8. The second-order valence-electron chi connectivity index (χ2n) is 15.6. The molecule has 3 aromatic rings. The van der Waals surface area contributed by atoms with Crippen molar-refractivity contribution in [2.24, 2.45) is 0 Å². The first-order chi connectivity index (χ1) is 30.3. The molecule has 7 rings (SSSR count). The molecule has 0 spiro atoms. The van der Waals surface area contributed by atoms with Crippen molar-refractivity contribution >= 4 is 11.0 Å². The molecular weight excluding hydrogens is 868 g/mol. The van der Waals surface area contributed by atoms with Crippen LogP contribution in [0.3, 0.4) is 0 Å². The van der Waals surface area contributed by atoms with Crippen LogP contribution in [-0.2, 0) is 33.2 Å². The van der Waals surface area contributed by atoms with Crippen molar-refractivity contribution in [1.29, 1.82) is 0 Å². The summed E-state index contributed by atoms with van der Waals surface area (Å²) in [6.45, 7) is -0.828. The molecule has 0 radical (unpaired) electrons. The number of fused-ring (bicyclic) bond motifs is 1. The van der Waals surface area contributed by atoms with Gasteiger partial charge in [0.1, 0.15) is 102 Å². The predicted molar refractivity (Wildman–Crippen MR) is 204 cm³/mol. The van der Waals surface area contributed by atoms with Crippen molar-refractivity contribution < 1.29 is 119 Å². The van der Waals surface area contributed by atoms with E-state index in [0.29, 0.717) is 0 Å². The van der Waals surface area contributed by atoms with Crippen LogP contribution in [0.5, 0.6) is 28.7 Å². The fourth-order valence-corrected chi connectivity index (χ4v) is 7.64. The molecule has 4 fully saturated rings. The Morgan fingerprint density at radius 3 is 1.97 bits per heavy atom. The number of aromatic hydroxyl groups is 3. The third-order valence-electron chi connectivity index (χ3n) is 11.3. The number of benzene rings is 2. The van der Waals surface area contributed by atoms with Gasteiger partial charge in [-0.3, -0.25) is 4.79 Å². The number of phenolic OH excluding ortho intramolecular Hbond substituents is 3. The van der Waals surface area contributed by atoms with E-state index in [1.54, 1.807) is 0 Å². The van der Waals surface area contributed by atoms with Gasteiger partial charge in [-0.25, -0.2) is 0 Å². The second-order valence-corrected chi connectivity index (χ2v) is 15.6. The van der Waals surface area contributed by atoms with Gasteiger partial charge < -0.3 is 119 Å². The van der Waals surface area contributed by atoms with Crippen LogP contribution in [0.15, 0.2) is 39.5 Å². The number of aliphatic hydroxyl groups excluding tert-OH is 11. The minimum absolute atomic E-state index is 0.0645. The fraction of sp³-hybridized carbons (Fsp3) is 0.615. The summed E-state index contributed by atoms with van der Waals surface area (Å²) in [4.78, 5) is 13.6. The highest BCUT2D eigenvalue weighted by atomic mass is 16.8. The normalized spacial score (nSPS) is 39.4. The molecule has 0 saturated carbocycles. The zero-order valence-electron chi connectivity index (χ0n) is 33.7. The lowest BCUT2D eigenvalue weighted by Gasteiger charge is -2.47. The van der Waals surface area contributed by atoms with Crippen LogP contribution in [0.1, 0.15) is 6.92 Å². The van der Waals surface area contributed by atoms with E-state index in [9.17, 15) is 76.3 Å². The Hall–Kier alpha value is -4.07. The van der Waals surface area contributed by atoms with Gasteiger partial charge in [0.25, 0.3) is 0 Å². The van der Waals surface area contributed by atoms with Crippen LogP contribution in [0.2, 0.25) is 0 Å². The Kier molecular flexibility index (Phi) is 14.5. The fourth-order valence-electron chi connectivity index (χ4n) is 7.64.